The van der Waals surface area contributed by atoms with Gasteiger partial charge in [-0.15, -0.1) is 24.0 Å². The molecule has 0 aliphatic carbocycles. The van der Waals surface area contributed by atoms with E-state index >= 15 is 0 Å². The molecule has 0 radical (unpaired) electrons. The van der Waals surface area contributed by atoms with Crippen LogP contribution in [0.1, 0.15) is 18.4 Å². The number of carbonyl (C=O) groups excluding carboxylic acids is 1. The number of guanidine groups is 1. The van der Waals surface area contributed by atoms with E-state index in [4.69, 9.17) is 0 Å². The Labute approximate surface area is 200 Å². The zero-order chi connectivity index (χ0) is 20.9. The molecule has 31 heavy (non-hydrogen) atoms. The van der Waals surface area contributed by atoms with Gasteiger partial charge in [0.2, 0.25) is 5.91 Å². The predicted molar refractivity (Wildman–Crippen MR) is 136 cm³/mol. The van der Waals surface area contributed by atoms with Crippen LogP contribution in [0.25, 0.3) is 0 Å². The van der Waals surface area contributed by atoms with Gasteiger partial charge in [0.15, 0.2) is 5.96 Å². The highest BCUT2D eigenvalue weighted by atomic mass is 127. The number of halogens is 1. The molecule has 0 bridgehead atoms. The van der Waals surface area contributed by atoms with Crippen LogP contribution >= 0.6 is 24.0 Å². The SMILES string of the molecule is CN=C(NCc1ccc(N2CCCC2=O)cc1)N1CCN(c2ccccc2O)CC1.I. The van der Waals surface area contributed by atoms with Crippen molar-refractivity contribution in [1.82, 2.24) is 10.2 Å². The summed E-state index contributed by atoms with van der Waals surface area (Å²) < 4.78 is 0. The molecule has 2 fully saturated rings. The molecular formula is C23H30IN5O2. The Morgan fingerprint density at radius 1 is 1.03 bits per heavy atom. The first-order chi connectivity index (χ1) is 14.7. The van der Waals surface area contributed by atoms with E-state index in [2.05, 4.69) is 32.2 Å². The Hall–Kier alpha value is -2.49. The molecular weight excluding hydrogens is 505 g/mol. The zero-order valence-corrected chi connectivity index (χ0v) is 20.2. The first kappa shape index (κ1) is 23.2. The number of phenols is 1. The number of phenolic OH excluding ortho intramolecular Hbond substituents is 1. The third-order valence-electron chi connectivity index (χ3n) is 5.79. The number of nitrogens with one attached hydrogen (secondary N) is 1. The molecule has 8 heteroatoms. The number of nitrogens with zero attached hydrogens (tertiary/aromatic N) is 4. The van der Waals surface area contributed by atoms with Crippen LogP contribution in [0.5, 0.6) is 5.75 Å². The van der Waals surface area contributed by atoms with Gasteiger partial charge in [0, 0.05) is 58.4 Å². The molecule has 166 valence electrons. The van der Waals surface area contributed by atoms with Crippen LogP contribution in [0.15, 0.2) is 53.5 Å². The van der Waals surface area contributed by atoms with Crippen LogP contribution < -0.4 is 15.1 Å². The molecule has 2 aliphatic heterocycles. The zero-order valence-electron chi connectivity index (χ0n) is 17.8. The van der Waals surface area contributed by atoms with Crippen molar-refractivity contribution in [2.24, 2.45) is 4.99 Å². The minimum atomic E-state index is 0. The van der Waals surface area contributed by atoms with Crippen LogP contribution in [0.4, 0.5) is 11.4 Å². The van der Waals surface area contributed by atoms with Crippen LogP contribution in [-0.4, -0.2) is 61.6 Å². The van der Waals surface area contributed by atoms with Crippen LogP contribution in [-0.2, 0) is 11.3 Å². The van der Waals surface area contributed by atoms with Crippen molar-refractivity contribution in [1.29, 1.82) is 0 Å². The van der Waals surface area contributed by atoms with Gasteiger partial charge in [-0.1, -0.05) is 24.3 Å². The summed E-state index contributed by atoms with van der Waals surface area (Å²) >= 11 is 0. The molecule has 0 atom stereocenters. The third kappa shape index (κ3) is 5.41. The van der Waals surface area contributed by atoms with Gasteiger partial charge < -0.3 is 25.1 Å². The van der Waals surface area contributed by atoms with Crippen LogP contribution in [0, 0.1) is 0 Å². The van der Waals surface area contributed by atoms with Gasteiger partial charge in [-0.3, -0.25) is 9.79 Å². The van der Waals surface area contributed by atoms with Crippen LogP contribution in [0.3, 0.4) is 0 Å². The number of aliphatic imine (C=N–C) groups is 1. The van der Waals surface area contributed by atoms with Crippen LogP contribution in [0.2, 0.25) is 0 Å². The normalized spacial score (nSPS) is 17.0. The lowest BCUT2D eigenvalue weighted by atomic mass is 10.2. The van der Waals surface area contributed by atoms with Gasteiger partial charge in [0.25, 0.3) is 0 Å². The summed E-state index contributed by atoms with van der Waals surface area (Å²) in [7, 11) is 1.81. The van der Waals surface area contributed by atoms with Crippen molar-refractivity contribution >= 4 is 47.2 Å². The first-order valence-electron chi connectivity index (χ1n) is 10.5. The maximum atomic E-state index is 11.9. The fourth-order valence-corrected chi connectivity index (χ4v) is 4.12. The van der Waals surface area contributed by atoms with Gasteiger partial charge in [-0.2, -0.15) is 0 Å². The van der Waals surface area contributed by atoms with Crippen molar-refractivity contribution in [3.63, 3.8) is 0 Å². The van der Waals surface area contributed by atoms with E-state index in [0.717, 1.165) is 62.0 Å². The van der Waals surface area contributed by atoms with E-state index in [1.165, 1.54) is 0 Å². The summed E-state index contributed by atoms with van der Waals surface area (Å²) in [5, 5.41) is 13.5. The fraction of sp³-hybridized carbons (Fsp3) is 0.391. The maximum Gasteiger partial charge on any atom is 0.227 e. The number of rotatable bonds is 4. The van der Waals surface area contributed by atoms with Gasteiger partial charge in [-0.25, -0.2) is 0 Å². The molecule has 2 aliphatic rings. The van der Waals surface area contributed by atoms with E-state index in [1.54, 1.807) is 13.1 Å². The van der Waals surface area contributed by atoms with Crippen molar-refractivity contribution in [3.05, 3.63) is 54.1 Å². The van der Waals surface area contributed by atoms with E-state index in [0.29, 0.717) is 18.7 Å². The smallest absolute Gasteiger partial charge is 0.227 e. The number of carbonyl (C=O) groups is 1. The summed E-state index contributed by atoms with van der Waals surface area (Å²) in [6.07, 6.45) is 1.59. The van der Waals surface area contributed by atoms with Gasteiger partial charge in [0.05, 0.1) is 5.69 Å². The minimum absolute atomic E-state index is 0. The lowest BCUT2D eigenvalue weighted by Crippen LogP contribution is -2.52. The minimum Gasteiger partial charge on any atom is -0.506 e. The summed E-state index contributed by atoms with van der Waals surface area (Å²) in [4.78, 5) is 22.7. The van der Waals surface area contributed by atoms with Gasteiger partial charge in [0.1, 0.15) is 5.75 Å². The number of benzene rings is 2. The van der Waals surface area contributed by atoms with Crippen molar-refractivity contribution in [3.8, 4) is 5.75 Å². The quantitative estimate of drug-likeness (QED) is 0.358. The molecule has 2 saturated heterocycles. The lowest BCUT2D eigenvalue weighted by Gasteiger charge is -2.37. The number of amides is 1. The highest BCUT2D eigenvalue weighted by molar-refractivity contribution is 14.0. The largest absolute Gasteiger partial charge is 0.506 e. The number of aromatic hydroxyl groups is 1. The van der Waals surface area contributed by atoms with Gasteiger partial charge in [-0.05, 0) is 36.2 Å². The average Bonchev–Trinajstić information content (AvgIpc) is 3.21. The summed E-state index contributed by atoms with van der Waals surface area (Å²) in [6, 6.07) is 15.7. The Morgan fingerprint density at radius 2 is 1.74 bits per heavy atom. The monoisotopic (exact) mass is 535 g/mol. The van der Waals surface area contributed by atoms with E-state index in [9.17, 15) is 9.90 Å². The highest BCUT2D eigenvalue weighted by Gasteiger charge is 2.22. The molecule has 1 amide bonds. The second-order valence-corrected chi connectivity index (χ2v) is 7.68. The number of hydrogen-bond acceptors (Lipinski definition) is 4. The predicted octanol–water partition coefficient (Wildman–Crippen LogP) is 3.03. The molecule has 7 nitrogen and oxygen atoms in total. The number of piperazine rings is 1. The topological polar surface area (TPSA) is 71.4 Å². The summed E-state index contributed by atoms with van der Waals surface area (Å²) in [5.41, 5.74) is 3.02. The van der Waals surface area contributed by atoms with E-state index in [-0.39, 0.29) is 29.9 Å². The average molecular weight is 535 g/mol. The number of anilines is 2. The maximum absolute atomic E-state index is 11.9. The Bertz CT molecular complexity index is 910. The molecule has 2 N–H and O–H groups in total. The molecule has 2 aromatic carbocycles. The lowest BCUT2D eigenvalue weighted by molar-refractivity contribution is -0.117. The molecule has 4 rings (SSSR count). The van der Waals surface area contributed by atoms with E-state index < -0.39 is 0 Å². The van der Waals surface area contributed by atoms with E-state index in [1.807, 2.05) is 35.2 Å². The van der Waals surface area contributed by atoms with Crippen molar-refractivity contribution < 1.29 is 9.90 Å². The summed E-state index contributed by atoms with van der Waals surface area (Å²) in [5.74, 6) is 1.42. The second kappa shape index (κ2) is 10.7. The standard InChI is InChI=1S/C23H29N5O2.HI/c1-24-23(27-15-13-26(14-16-27)20-5-2-3-6-21(20)29)25-17-18-8-10-19(11-9-18)28-12-4-7-22(28)30;/h2-3,5-6,8-11,29H,4,7,12-17H2,1H3,(H,24,25);1H. The van der Waals surface area contributed by atoms with Crippen molar-refractivity contribution in [2.45, 2.75) is 19.4 Å². The van der Waals surface area contributed by atoms with Crippen molar-refractivity contribution in [2.75, 3.05) is 49.6 Å². The Morgan fingerprint density at radius 3 is 2.35 bits per heavy atom. The molecule has 2 aromatic rings. The molecule has 0 aromatic heterocycles. The highest BCUT2D eigenvalue weighted by Crippen LogP contribution is 2.27. The molecule has 2 heterocycles. The number of hydrogen-bond donors (Lipinski definition) is 2. The summed E-state index contributed by atoms with van der Waals surface area (Å²) in [6.45, 7) is 4.83. The first-order valence-corrected chi connectivity index (χ1v) is 10.5. The molecule has 0 unspecified atom stereocenters. The Kier molecular flexibility index (Phi) is 8.00. The second-order valence-electron chi connectivity index (χ2n) is 7.68. The number of para-hydroxylation sites is 2. The Balaban J connectivity index is 0.00000272. The fourth-order valence-electron chi connectivity index (χ4n) is 4.12. The molecule has 0 saturated carbocycles. The molecule has 0 spiro atoms. The third-order valence-corrected chi connectivity index (χ3v) is 5.79. The van der Waals surface area contributed by atoms with Gasteiger partial charge >= 0.3 is 0 Å².